The number of nitrogens with one attached hydrogen (secondary N) is 3. The van der Waals surface area contributed by atoms with Gasteiger partial charge in [0.1, 0.15) is 36.3 Å². The van der Waals surface area contributed by atoms with Gasteiger partial charge in [-0.3, -0.25) is 47.4 Å². The van der Waals surface area contributed by atoms with E-state index in [2.05, 4.69) is 40.5 Å². The maximum absolute atomic E-state index is 16.3. The number of ether oxygens (including phenoxy) is 3. The molecule has 8 rings (SSSR count). The first-order chi connectivity index (χ1) is 30.2. The molecule has 5 aromatic rings. The highest BCUT2D eigenvalue weighted by Crippen LogP contribution is 2.58. The third kappa shape index (κ3) is 8.80. The van der Waals surface area contributed by atoms with Crippen molar-refractivity contribution in [3.63, 3.8) is 0 Å². The quantitative estimate of drug-likeness (QED) is 0.0658. The summed E-state index contributed by atoms with van der Waals surface area (Å²) in [6, 6.07) is 10.4. The van der Waals surface area contributed by atoms with Crippen molar-refractivity contribution in [2.75, 3.05) is 37.1 Å². The number of rotatable bonds is 17. The molecule has 0 radical (unpaired) electrons. The fraction of sp³-hybridized carbons (Fsp3) is 0.457. The van der Waals surface area contributed by atoms with E-state index in [1.807, 2.05) is 6.07 Å². The van der Waals surface area contributed by atoms with Gasteiger partial charge in [-0.25, -0.2) is 24.3 Å². The van der Waals surface area contributed by atoms with Crippen LogP contribution in [0.25, 0.3) is 22.3 Å². The summed E-state index contributed by atoms with van der Waals surface area (Å²) in [7, 11) is -3.80. The van der Waals surface area contributed by atoms with Crippen molar-refractivity contribution < 1.29 is 60.9 Å². The number of aliphatic hydroxyl groups is 1. The van der Waals surface area contributed by atoms with Crippen molar-refractivity contribution in [1.29, 1.82) is 5.26 Å². The Bertz CT molecular complexity index is 2700. The zero-order valence-electron chi connectivity index (χ0n) is 33.0. The number of amides is 2. The Hall–Kier alpha value is -5.00. The number of carbonyl (C=O) groups excluding carboxylic acids is 2. The van der Waals surface area contributed by atoms with Crippen LogP contribution in [0.4, 0.5) is 16.2 Å². The number of aromatic amines is 1. The van der Waals surface area contributed by atoms with Gasteiger partial charge in [0.05, 0.1) is 51.6 Å². The monoisotopic (exact) mass is 933 g/mol. The number of anilines is 2. The third-order valence-corrected chi connectivity index (χ3v) is 13.0. The second kappa shape index (κ2) is 18.2. The van der Waals surface area contributed by atoms with Crippen LogP contribution in [0, 0.1) is 17.2 Å². The van der Waals surface area contributed by atoms with Crippen LogP contribution in [-0.4, -0.2) is 123 Å². The number of aromatic nitrogens is 8. The molecule has 24 nitrogen and oxygen atoms in total. The number of nitriles is 1. The average Bonchev–Trinajstić information content (AvgIpc) is 4.09. The molecule has 7 heterocycles. The van der Waals surface area contributed by atoms with E-state index in [4.69, 9.17) is 44.1 Å². The fourth-order valence-electron chi connectivity index (χ4n) is 7.12. The average molecular weight is 934 g/mol. The van der Waals surface area contributed by atoms with Gasteiger partial charge < -0.3 is 38.6 Å². The summed E-state index contributed by atoms with van der Waals surface area (Å²) in [5.74, 6) is -1.51. The zero-order valence-corrected chi connectivity index (χ0v) is 35.7. The number of benzene rings is 1. The third-order valence-electron chi connectivity index (χ3n) is 10.2. The van der Waals surface area contributed by atoms with E-state index in [1.165, 1.54) is 17.2 Å². The molecule has 3 fully saturated rings. The van der Waals surface area contributed by atoms with Crippen LogP contribution < -0.4 is 16.2 Å². The largest absolute Gasteiger partial charge is 0.393 e. The minimum Gasteiger partial charge on any atom is -0.393 e. The predicted molar refractivity (Wildman–Crippen MR) is 217 cm³/mol. The van der Waals surface area contributed by atoms with Gasteiger partial charge in [-0.2, -0.15) is 10.2 Å². The van der Waals surface area contributed by atoms with Gasteiger partial charge in [-0.1, -0.05) is 32.0 Å². The highest BCUT2D eigenvalue weighted by molar-refractivity contribution is 8.07. The first kappa shape index (κ1) is 44.6. The lowest BCUT2D eigenvalue weighted by molar-refractivity contribution is -0.185. The lowest BCUT2D eigenvalue weighted by atomic mass is 10.0. The van der Waals surface area contributed by atoms with Gasteiger partial charge in [0.25, 0.3) is 11.5 Å². The normalized spacial score (nSPS) is 26.8. The summed E-state index contributed by atoms with van der Waals surface area (Å²) in [6.07, 6.45) is -6.84. The molecule has 1 aromatic carbocycles. The summed E-state index contributed by atoms with van der Waals surface area (Å²) >= 11 is 5.79. The molecular formula is C35H38FN11O13P2S. The van der Waals surface area contributed by atoms with Crippen molar-refractivity contribution in [3.8, 4) is 6.07 Å². The number of nitrogens with zero attached hydrogens (tertiary/aromatic N) is 8. The molecule has 0 saturated carbocycles. The van der Waals surface area contributed by atoms with E-state index in [0.717, 1.165) is 10.9 Å². The summed E-state index contributed by atoms with van der Waals surface area (Å²) in [5.41, 5.74) is -1.88. The van der Waals surface area contributed by atoms with Crippen molar-refractivity contribution >= 4 is 72.7 Å². The Morgan fingerprint density at radius 3 is 2.59 bits per heavy atom. The molecule has 5 N–H and O–H groups in total. The number of halogens is 1. The summed E-state index contributed by atoms with van der Waals surface area (Å²) < 4.78 is 72.7. The van der Waals surface area contributed by atoms with Crippen molar-refractivity contribution in [1.82, 2.24) is 39.0 Å². The van der Waals surface area contributed by atoms with Crippen LogP contribution in [0.15, 0.2) is 54.1 Å². The van der Waals surface area contributed by atoms with Gasteiger partial charge in [-0.05, 0) is 23.9 Å². The minimum atomic E-state index is -4.07. The van der Waals surface area contributed by atoms with Crippen LogP contribution in [0.5, 0.6) is 0 Å². The zero-order chi connectivity index (χ0) is 44.6. The van der Waals surface area contributed by atoms with E-state index < -0.39 is 100 Å². The molecule has 3 aliphatic heterocycles. The number of carbonyl (C=O) groups is 2. The van der Waals surface area contributed by atoms with Crippen LogP contribution >= 0.6 is 15.0 Å². The SMILES string of the molecule is CC(C)C(=O)Nc1nc2c(ncn2[C@@H]2O[C@H](COP(=S)(OCCC#N)O[C@H]3[C@H]4OC[C@]3(CO)O[C@H]4n3cnc4c(NC(=O)c5ccccc5)ncnc43)[C@H](F)[C@H]2O[PH](=O)O)c(=O)[nH]1. The Labute approximate surface area is 360 Å². The molecule has 4 aromatic heterocycles. The molecule has 63 heavy (non-hydrogen) atoms. The number of hydrogen-bond acceptors (Lipinski definition) is 19. The van der Waals surface area contributed by atoms with Gasteiger partial charge in [0, 0.05) is 11.5 Å². The minimum absolute atomic E-state index is 0.115. The first-order valence-electron chi connectivity index (χ1n) is 19.1. The van der Waals surface area contributed by atoms with Gasteiger partial charge in [0.15, 0.2) is 46.8 Å². The van der Waals surface area contributed by atoms with Crippen LogP contribution in [0.1, 0.15) is 43.1 Å². The number of imidazole rings is 2. The van der Waals surface area contributed by atoms with E-state index in [-0.39, 0.29) is 53.7 Å². The molecule has 334 valence electrons. The Balaban J connectivity index is 1.03. The van der Waals surface area contributed by atoms with Gasteiger partial charge in [0.2, 0.25) is 11.9 Å². The number of fused-ring (bicyclic) bond motifs is 4. The van der Waals surface area contributed by atoms with E-state index in [1.54, 1.807) is 44.2 Å². The summed E-state index contributed by atoms with van der Waals surface area (Å²) in [6.45, 7) is -2.63. The molecule has 10 atom stereocenters. The standard InChI is InChI=1S/C35H38FN11O13P2S/c1-17(2)29(49)44-34-43-28-22(31(51)45-34)41-16-47(28)32-23(59-61(52)53)20(36)19(57-32)11-56-62(63,55-10-6-9-37)60-25-24-33(58-35(25,12-48)13-54-24)46-15-40-21-26(38-14-39-27(21)46)42-30(50)18-7-4-3-5-8-18/h3-5,7-8,14-17,19-20,23-25,32-33,48,61H,6,10-13H2,1-2H3,(H,52,53)(H,38,39,42,50)(H2,43,44,45,49,51)/t19-,20+,23-,24-,25+,32-,33-,35+,62?/m1/s1. The number of alkyl halides is 1. The first-order valence-corrected chi connectivity index (χ1v) is 22.9. The molecule has 2 amide bonds. The van der Waals surface area contributed by atoms with Crippen molar-refractivity contribution in [2.45, 2.75) is 68.9 Å². The number of aliphatic hydroxyl groups excluding tert-OH is 1. The topological polar surface area (TPSA) is 311 Å². The molecule has 2 bridgehead atoms. The van der Waals surface area contributed by atoms with Crippen LogP contribution in [-0.2, 0) is 53.5 Å². The Morgan fingerprint density at radius 2 is 1.87 bits per heavy atom. The highest BCUT2D eigenvalue weighted by atomic mass is 32.5. The lowest BCUT2D eigenvalue weighted by Crippen LogP contribution is -2.45. The molecule has 28 heteroatoms. The van der Waals surface area contributed by atoms with Crippen LogP contribution in [0.3, 0.4) is 0 Å². The maximum Gasteiger partial charge on any atom is 0.327 e. The van der Waals surface area contributed by atoms with Gasteiger partial charge in [-0.15, -0.1) is 0 Å². The highest BCUT2D eigenvalue weighted by Gasteiger charge is 2.64. The second-order valence-electron chi connectivity index (χ2n) is 14.6. The van der Waals surface area contributed by atoms with E-state index >= 15 is 4.39 Å². The number of H-pyrrole nitrogens is 1. The van der Waals surface area contributed by atoms with Crippen LogP contribution in [0.2, 0.25) is 0 Å². The number of hydrogen-bond donors (Lipinski definition) is 5. The Morgan fingerprint density at radius 1 is 1.13 bits per heavy atom. The summed E-state index contributed by atoms with van der Waals surface area (Å²) in [5, 5.41) is 25.2. The summed E-state index contributed by atoms with van der Waals surface area (Å²) in [4.78, 5) is 71.6. The second-order valence-corrected chi connectivity index (χ2v) is 18.4. The molecule has 3 saturated heterocycles. The smallest absolute Gasteiger partial charge is 0.327 e. The molecule has 0 aliphatic carbocycles. The fourth-order valence-corrected chi connectivity index (χ4v) is 9.72. The molecular weight excluding hydrogens is 895 g/mol. The van der Waals surface area contributed by atoms with Crippen molar-refractivity contribution in [3.05, 3.63) is 65.2 Å². The lowest BCUT2D eigenvalue weighted by Gasteiger charge is -2.31. The molecule has 0 spiro atoms. The van der Waals surface area contributed by atoms with Crippen molar-refractivity contribution in [2.24, 2.45) is 5.92 Å². The predicted octanol–water partition coefficient (Wildman–Crippen LogP) is 2.02. The maximum atomic E-state index is 16.3. The van der Waals surface area contributed by atoms with E-state index in [0.29, 0.717) is 5.56 Å². The molecule has 3 aliphatic rings. The Kier molecular flexibility index (Phi) is 12.9. The van der Waals surface area contributed by atoms with Gasteiger partial charge >= 0.3 is 15.0 Å². The van der Waals surface area contributed by atoms with E-state index in [9.17, 15) is 34.2 Å². The molecule has 2 unspecified atom stereocenters.